The van der Waals surface area contributed by atoms with Crippen LogP contribution in [0, 0.1) is 17.8 Å². The second kappa shape index (κ2) is 14.3. The molecule has 1 saturated carbocycles. The van der Waals surface area contributed by atoms with Gasteiger partial charge in [0.05, 0.1) is 18.1 Å². The molecule has 0 aromatic heterocycles. The molecule has 0 amide bonds. The van der Waals surface area contributed by atoms with Gasteiger partial charge in [-0.05, 0) is 39.9 Å². The van der Waals surface area contributed by atoms with E-state index >= 15 is 0 Å². The monoisotopic (exact) mass is 624 g/mol. The van der Waals surface area contributed by atoms with Gasteiger partial charge in [-0.15, -0.1) is 0 Å². The van der Waals surface area contributed by atoms with E-state index in [9.17, 15) is 9.59 Å². The minimum Gasteiger partial charge on any atom is -0.462 e. The van der Waals surface area contributed by atoms with Crippen molar-refractivity contribution in [1.82, 2.24) is 0 Å². The van der Waals surface area contributed by atoms with E-state index in [2.05, 4.69) is 107 Å². The lowest BCUT2D eigenvalue weighted by Gasteiger charge is -2.46. The van der Waals surface area contributed by atoms with Crippen LogP contribution in [0.5, 0.6) is 0 Å². The number of ether oxygens (including phenoxy) is 2. The summed E-state index contributed by atoms with van der Waals surface area (Å²) in [7, 11) is -2.83. The summed E-state index contributed by atoms with van der Waals surface area (Å²) >= 11 is 0. The van der Waals surface area contributed by atoms with Crippen LogP contribution in [-0.4, -0.2) is 38.6 Å². The third kappa shape index (κ3) is 7.18. The summed E-state index contributed by atoms with van der Waals surface area (Å²) in [5.74, 6) is -0.430. The zero-order chi connectivity index (χ0) is 32.0. The number of esters is 2. The number of fused-ring (bicyclic) bond motifs is 1. The molecule has 1 saturated heterocycles. The minimum atomic E-state index is -2.83. The Kier molecular flexibility index (Phi) is 10.5. The molecule has 238 valence electrons. The Balaban J connectivity index is 1.53. The molecule has 2 fully saturated rings. The van der Waals surface area contributed by atoms with Gasteiger partial charge in [-0.2, -0.15) is 0 Å². The first kappa shape index (κ1) is 32.9. The first-order valence-electron chi connectivity index (χ1n) is 16.6. The Hall–Kier alpha value is -3.48. The van der Waals surface area contributed by atoms with Crippen LogP contribution in [0.2, 0.25) is 5.04 Å². The van der Waals surface area contributed by atoms with Crippen LogP contribution in [0.25, 0.3) is 0 Å². The van der Waals surface area contributed by atoms with Crippen LogP contribution in [0.4, 0.5) is 0 Å². The molecule has 1 unspecified atom stereocenters. The number of hydrogen-bond donors (Lipinski definition) is 0. The number of unbranched alkanes of at least 4 members (excludes halogenated alkanes) is 1. The molecule has 1 aliphatic carbocycles. The summed E-state index contributed by atoms with van der Waals surface area (Å²) in [6, 6.07) is 30.6. The number of hydrogen-bond acceptors (Lipinski definition) is 5. The van der Waals surface area contributed by atoms with Gasteiger partial charge in [0, 0.05) is 18.3 Å². The minimum absolute atomic E-state index is 0.0261. The molecule has 3 aromatic carbocycles. The molecule has 5 rings (SSSR count). The normalized spacial score (nSPS) is 23.0. The highest BCUT2D eigenvalue weighted by molar-refractivity contribution is 6.99. The number of carbonyl (C=O) groups excluding carboxylic acids is 2. The van der Waals surface area contributed by atoms with E-state index in [1.54, 1.807) is 12.1 Å². The van der Waals surface area contributed by atoms with Crippen molar-refractivity contribution in [2.24, 2.45) is 17.8 Å². The Labute approximate surface area is 270 Å². The van der Waals surface area contributed by atoms with Gasteiger partial charge in [-0.1, -0.05) is 138 Å². The fourth-order valence-corrected chi connectivity index (χ4v) is 12.0. The molecule has 2 aliphatic rings. The van der Waals surface area contributed by atoms with E-state index in [1.165, 1.54) is 10.4 Å². The van der Waals surface area contributed by atoms with Crippen molar-refractivity contribution in [2.75, 3.05) is 0 Å². The molecular formula is C39H48O5Si. The van der Waals surface area contributed by atoms with E-state index < -0.39 is 8.32 Å². The van der Waals surface area contributed by atoms with Gasteiger partial charge in [0.1, 0.15) is 12.2 Å². The lowest BCUT2D eigenvalue weighted by molar-refractivity contribution is -0.141. The molecular weight excluding hydrogens is 577 g/mol. The van der Waals surface area contributed by atoms with E-state index in [0.717, 1.165) is 19.3 Å². The van der Waals surface area contributed by atoms with Crippen molar-refractivity contribution in [3.05, 3.63) is 109 Å². The van der Waals surface area contributed by atoms with Crippen LogP contribution < -0.4 is 10.4 Å². The standard InChI is InChI=1S/C39H48O5Si/c1-6-7-17-28(2)34(44-45(39(3,4)5,30-20-13-9-14-21-30)31-22-15-10-16-23-31)25-24-32-33-26-37(40)42-36(33)27-35(32)43-38(41)29-18-11-8-12-19-29/h8-16,18-25,28,32-36H,6-7,17,26-27H2,1-5H3/b25-24+/t28?,32-,33-,34-,35-,36+/m1/s1. The quantitative estimate of drug-likeness (QED) is 0.119. The summed E-state index contributed by atoms with van der Waals surface area (Å²) in [4.78, 5) is 25.5. The fraction of sp³-hybridized carbons (Fsp3) is 0.436. The Morgan fingerprint density at radius 1 is 0.956 bits per heavy atom. The largest absolute Gasteiger partial charge is 0.462 e. The van der Waals surface area contributed by atoms with Crippen molar-refractivity contribution >= 4 is 30.6 Å². The van der Waals surface area contributed by atoms with Crippen LogP contribution in [0.15, 0.2) is 103 Å². The summed E-state index contributed by atoms with van der Waals surface area (Å²) < 4.78 is 19.5. The van der Waals surface area contributed by atoms with E-state index in [4.69, 9.17) is 13.9 Å². The number of benzene rings is 3. The lowest BCUT2D eigenvalue weighted by Crippen LogP contribution is -2.68. The van der Waals surface area contributed by atoms with E-state index in [-0.39, 0.29) is 53.0 Å². The van der Waals surface area contributed by atoms with E-state index in [1.807, 2.05) is 18.2 Å². The molecule has 3 aromatic rings. The molecule has 6 atom stereocenters. The Morgan fingerprint density at radius 3 is 2.09 bits per heavy atom. The average Bonchev–Trinajstić information content (AvgIpc) is 3.55. The molecule has 1 heterocycles. The fourth-order valence-electron chi connectivity index (χ4n) is 7.24. The van der Waals surface area contributed by atoms with Crippen LogP contribution in [0.3, 0.4) is 0 Å². The van der Waals surface area contributed by atoms with Crippen molar-refractivity contribution in [2.45, 2.75) is 90.1 Å². The van der Waals surface area contributed by atoms with Crippen molar-refractivity contribution in [3.63, 3.8) is 0 Å². The molecule has 0 bridgehead atoms. The first-order valence-corrected chi connectivity index (χ1v) is 18.5. The summed E-state index contributed by atoms with van der Waals surface area (Å²) in [5, 5.41) is 2.33. The maximum absolute atomic E-state index is 13.1. The highest BCUT2D eigenvalue weighted by Crippen LogP contribution is 2.44. The first-order chi connectivity index (χ1) is 21.6. The van der Waals surface area contributed by atoms with Crippen molar-refractivity contribution in [1.29, 1.82) is 0 Å². The predicted molar refractivity (Wildman–Crippen MR) is 182 cm³/mol. The molecule has 0 spiro atoms. The predicted octanol–water partition coefficient (Wildman–Crippen LogP) is 7.49. The molecule has 0 radical (unpaired) electrons. The highest BCUT2D eigenvalue weighted by atomic mass is 28.4. The number of carbonyl (C=O) groups is 2. The second-order valence-electron chi connectivity index (χ2n) is 13.8. The van der Waals surface area contributed by atoms with Gasteiger partial charge in [0.2, 0.25) is 0 Å². The summed E-state index contributed by atoms with van der Waals surface area (Å²) in [6.07, 6.45) is 7.72. The number of rotatable bonds is 12. The van der Waals surface area contributed by atoms with Gasteiger partial charge < -0.3 is 13.9 Å². The third-order valence-electron chi connectivity index (χ3n) is 9.65. The zero-order valence-corrected chi connectivity index (χ0v) is 28.4. The van der Waals surface area contributed by atoms with Gasteiger partial charge in [0.15, 0.2) is 0 Å². The van der Waals surface area contributed by atoms with Crippen LogP contribution in [-0.2, 0) is 18.7 Å². The smallest absolute Gasteiger partial charge is 0.338 e. The van der Waals surface area contributed by atoms with Crippen LogP contribution >= 0.6 is 0 Å². The molecule has 1 aliphatic heterocycles. The molecule has 6 heteroatoms. The lowest BCUT2D eigenvalue weighted by atomic mass is 9.90. The average molecular weight is 625 g/mol. The van der Waals surface area contributed by atoms with Gasteiger partial charge in [0.25, 0.3) is 8.32 Å². The highest BCUT2D eigenvalue weighted by Gasteiger charge is 2.53. The van der Waals surface area contributed by atoms with Crippen LogP contribution in [0.1, 0.15) is 77.1 Å². The second-order valence-corrected chi connectivity index (χ2v) is 18.0. The zero-order valence-electron chi connectivity index (χ0n) is 27.4. The van der Waals surface area contributed by atoms with Gasteiger partial charge in [-0.25, -0.2) is 4.79 Å². The summed E-state index contributed by atoms with van der Waals surface area (Å²) in [6.45, 7) is 11.4. The van der Waals surface area contributed by atoms with Crippen molar-refractivity contribution < 1.29 is 23.5 Å². The Morgan fingerprint density at radius 2 is 1.53 bits per heavy atom. The topological polar surface area (TPSA) is 61.8 Å². The molecule has 5 nitrogen and oxygen atoms in total. The van der Waals surface area contributed by atoms with Crippen molar-refractivity contribution in [3.8, 4) is 0 Å². The third-order valence-corrected chi connectivity index (χ3v) is 14.7. The van der Waals surface area contributed by atoms with Gasteiger partial charge in [-0.3, -0.25) is 4.79 Å². The molecule has 45 heavy (non-hydrogen) atoms. The van der Waals surface area contributed by atoms with E-state index in [0.29, 0.717) is 18.4 Å². The maximum atomic E-state index is 13.1. The van der Waals surface area contributed by atoms with Gasteiger partial charge >= 0.3 is 11.9 Å². The summed E-state index contributed by atoms with van der Waals surface area (Å²) in [5.41, 5.74) is 0.523. The Bertz CT molecular complexity index is 1390. The SMILES string of the molecule is CCCCC(C)[C@@H](/C=C/[C@@H]1[C@H]2CC(=O)O[C@H]2C[C@H]1OC(=O)c1ccccc1)O[Si](c1ccccc1)(c1ccccc1)C(C)(C)C. The maximum Gasteiger partial charge on any atom is 0.338 e. The molecule has 0 N–H and O–H groups in total.